The maximum Gasteiger partial charge on any atom is 0.254 e. The maximum atomic E-state index is 13.0. The van der Waals surface area contributed by atoms with E-state index in [9.17, 15) is 4.79 Å². The van der Waals surface area contributed by atoms with Crippen molar-refractivity contribution in [2.45, 2.75) is 18.5 Å². The summed E-state index contributed by atoms with van der Waals surface area (Å²) in [5.41, 5.74) is 8.61. The van der Waals surface area contributed by atoms with Crippen LogP contribution in [0.1, 0.15) is 28.4 Å². The van der Waals surface area contributed by atoms with Crippen LogP contribution in [0.5, 0.6) is 11.5 Å². The predicted molar refractivity (Wildman–Crippen MR) is 101 cm³/mol. The zero-order valence-corrected chi connectivity index (χ0v) is 15.4. The summed E-state index contributed by atoms with van der Waals surface area (Å²) in [5.74, 6) is 1.67. The Morgan fingerprint density at radius 1 is 1.07 bits per heavy atom. The van der Waals surface area contributed by atoms with Crippen LogP contribution in [0.4, 0.5) is 0 Å². The van der Waals surface area contributed by atoms with Gasteiger partial charge in [-0.05, 0) is 42.3 Å². The van der Waals surface area contributed by atoms with E-state index in [4.69, 9.17) is 21.1 Å². The van der Waals surface area contributed by atoms with Crippen LogP contribution in [-0.4, -0.2) is 36.7 Å². The summed E-state index contributed by atoms with van der Waals surface area (Å²) in [6, 6.07) is 13.8. The number of fused-ring (bicyclic) bond motifs is 2. The molecule has 140 valence electrons. The van der Waals surface area contributed by atoms with Gasteiger partial charge in [-0.25, -0.2) is 5.43 Å². The number of piperidine rings is 1. The molecule has 0 aromatic heterocycles. The van der Waals surface area contributed by atoms with Crippen LogP contribution in [0.3, 0.4) is 0 Å². The molecule has 0 bridgehead atoms. The zero-order chi connectivity index (χ0) is 18.4. The van der Waals surface area contributed by atoms with E-state index in [1.165, 1.54) is 5.56 Å². The van der Waals surface area contributed by atoms with E-state index in [1.807, 2.05) is 35.2 Å². The quantitative estimate of drug-likeness (QED) is 0.832. The molecular formula is C20H20ClN3O3. The average molecular weight is 386 g/mol. The van der Waals surface area contributed by atoms with Gasteiger partial charge in [0.05, 0.1) is 6.04 Å². The summed E-state index contributed by atoms with van der Waals surface area (Å²) >= 11 is 6.02. The Balaban J connectivity index is 1.35. The summed E-state index contributed by atoms with van der Waals surface area (Å²) in [4.78, 5) is 15.0. The van der Waals surface area contributed by atoms with Gasteiger partial charge in [0.1, 0.15) is 0 Å². The third kappa shape index (κ3) is 3.04. The van der Waals surface area contributed by atoms with Gasteiger partial charge in [0.25, 0.3) is 5.91 Å². The molecule has 3 aliphatic heterocycles. The second-order valence-corrected chi connectivity index (χ2v) is 7.63. The molecule has 2 fully saturated rings. The van der Waals surface area contributed by atoms with E-state index in [0.717, 1.165) is 18.0 Å². The molecule has 7 heteroatoms. The Bertz CT molecular complexity index is 873. The molecule has 5 rings (SSSR count). The van der Waals surface area contributed by atoms with Gasteiger partial charge in [-0.3, -0.25) is 10.2 Å². The number of halogens is 1. The number of hydrogen-bond acceptors (Lipinski definition) is 5. The fourth-order valence-electron chi connectivity index (χ4n) is 4.20. The monoisotopic (exact) mass is 385 g/mol. The Kier molecular flexibility index (Phi) is 4.19. The fraction of sp³-hybridized carbons (Fsp3) is 0.350. The van der Waals surface area contributed by atoms with Crippen molar-refractivity contribution >= 4 is 17.5 Å². The summed E-state index contributed by atoms with van der Waals surface area (Å²) in [7, 11) is 0. The molecule has 0 aliphatic carbocycles. The SMILES string of the molecule is O=C(c1ccc2c(c1)OCO2)N1CCC2NNC(c3ccc(Cl)cc3)C2C1. The first-order valence-corrected chi connectivity index (χ1v) is 9.52. The Hall–Kier alpha value is -2.28. The van der Waals surface area contributed by atoms with E-state index >= 15 is 0 Å². The lowest BCUT2D eigenvalue weighted by Crippen LogP contribution is -2.47. The first kappa shape index (κ1) is 16.9. The van der Waals surface area contributed by atoms with Crippen molar-refractivity contribution in [2.75, 3.05) is 19.9 Å². The van der Waals surface area contributed by atoms with Crippen molar-refractivity contribution in [1.82, 2.24) is 15.8 Å². The summed E-state index contributed by atoms with van der Waals surface area (Å²) in [5, 5.41) is 0.726. The van der Waals surface area contributed by atoms with Crippen LogP contribution in [0.2, 0.25) is 5.02 Å². The van der Waals surface area contributed by atoms with Crippen LogP contribution in [-0.2, 0) is 0 Å². The smallest absolute Gasteiger partial charge is 0.254 e. The Morgan fingerprint density at radius 2 is 1.89 bits per heavy atom. The van der Waals surface area contributed by atoms with Gasteiger partial charge in [-0.15, -0.1) is 0 Å². The number of amides is 1. The van der Waals surface area contributed by atoms with Crippen molar-refractivity contribution in [3.8, 4) is 11.5 Å². The second kappa shape index (κ2) is 6.71. The number of nitrogens with zero attached hydrogens (tertiary/aromatic N) is 1. The van der Waals surface area contributed by atoms with Crippen molar-refractivity contribution in [1.29, 1.82) is 0 Å². The number of rotatable bonds is 2. The number of hydrazine groups is 1. The lowest BCUT2D eigenvalue weighted by Gasteiger charge is -2.36. The first-order chi connectivity index (χ1) is 13.2. The van der Waals surface area contributed by atoms with Crippen molar-refractivity contribution in [3.63, 3.8) is 0 Å². The van der Waals surface area contributed by atoms with E-state index < -0.39 is 0 Å². The summed E-state index contributed by atoms with van der Waals surface area (Å²) < 4.78 is 10.7. The lowest BCUT2D eigenvalue weighted by molar-refractivity contribution is 0.0652. The number of likely N-dealkylation sites (tertiary alicyclic amines) is 1. The van der Waals surface area contributed by atoms with Gasteiger partial charge < -0.3 is 14.4 Å². The molecule has 0 saturated carbocycles. The highest BCUT2D eigenvalue weighted by molar-refractivity contribution is 6.30. The normalized spacial score (nSPS) is 26.1. The topological polar surface area (TPSA) is 62.8 Å². The fourth-order valence-corrected chi connectivity index (χ4v) is 4.33. The van der Waals surface area contributed by atoms with Crippen LogP contribution in [0, 0.1) is 5.92 Å². The maximum absolute atomic E-state index is 13.0. The largest absolute Gasteiger partial charge is 0.454 e. The highest BCUT2D eigenvalue weighted by Crippen LogP contribution is 2.36. The van der Waals surface area contributed by atoms with Gasteiger partial charge in [0, 0.05) is 35.6 Å². The van der Waals surface area contributed by atoms with E-state index in [1.54, 1.807) is 12.1 Å². The van der Waals surface area contributed by atoms with Gasteiger partial charge in [0.15, 0.2) is 11.5 Å². The van der Waals surface area contributed by atoms with E-state index in [2.05, 4.69) is 10.9 Å². The van der Waals surface area contributed by atoms with Crippen LogP contribution < -0.4 is 20.3 Å². The van der Waals surface area contributed by atoms with E-state index in [0.29, 0.717) is 35.6 Å². The molecule has 2 saturated heterocycles. The van der Waals surface area contributed by atoms with Gasteiger partial charge in [-0.2, -0.15) is 0 Å². The minimum absolute atomic E-state index is 0.0357. The van der Waals surface area contributed by atoms with E-state index in [-0.39, 0.29) is 18.7 Å². The molecule has 2 N–H and O–H groups in total. The molecule has 2 aromatic carbocycles. The molecule has 3 aliphatic rings. The molecule has 3 heterocycles. The van der Waals surface area contributed by atoms with Crippen LogP contribution in [0.25, 0.3) is 0 Å². The zero-order valence-electron chi connectivity index (χ0n) is 14.7. The van der Waals surface area contributed by atoms with Crippen LogP contribution in [0.15, 0.2) is 42.5 Å². The minimum atomic E-state index is 0.0357. The second-order valence-electron chi connectivity index (χ2n) is 7.20. The predicted octanol–water partition coefficient (Wildman–Crippen LogP) is 2.75. The number of carbonyl (C=O) groups is 1. The molecule has 0 radical (unpaired) electrons. The average Bonchev–Trinajstić information content (AvgIpc) is 3.33. The summed E-state index contributed by atoms with van der Waals surface area (Å²) in [6.45, 7) is 1.64. The van der Waals surface area contributed by atoms with Crippen LogP contribution >= 0.6 is 11.6 Å². The highest BCUT2D eigenvalue weighted by Gasteiger charge is 2.41. The number of benzene rings is 2. The van der Waals surface area contributed by atoms with Crippen molar-refractivity contribution in [2.24, 2.45) is 5.92 Å². The number of nitrogens with one attached hydrogen (secondary N) is 2. The Morgan fingerprint density at radius 3 is 2.74 bits per heavy atom. The number of ether oxygens (including phenoxy) is 2. The van der Waals surface area contributed by atoms with Gasteiger partial charge in [-0.1, -0.05) is 23.7 Å². The standard InChI is InChI=1S/C20H20ClN3O3/c21-14-4-1-12(2-5-14)19-15-10-24(8-7-16(15)22-23-19)20(25)13-3-6-17-18(9-13)27-11-26-17/h1-6,9,15-16,19,22-23H,7-8,10-11H2. The highest BCUT2D eigenvalue weighted by atomic mass is 35.5. The molecule has 2 aromatic rings. The molecule has 0 spiro atoms. The minimum Gasteiger partial charge on any atom is -0.454 e. The molecule has 27 heavy (non-hydrogen) atoms. The molecule has 3 unspecified atom stereocenters. The Labute approximate surface area is 162 Å². The summed E-state index contributed by atoms with van der Waals surface area (Å²) in [6.07, 6.45) is 0.915. The third-order valence-corrected chi connectivity index (χ3v) is 5.90. The molecule has 6 nitrogen and oxygen atoms in total. The molecule has 1 amide bonds. The first-order valence-electron chi connectivity index (χ1n) is 9.14. The lowest BCUT2D eigenvalue weighted by atomic mass is 9.85. The van der Waals surface area contributed by atoms with Crippen molar-refractivity contribution < 1.29 is 14.3 Å². The molecule has 3 atom stereocenters. The van der Waals surface area contributed by atoms with Crippen molar-refractivity contribution in [3.05, 3.63) is 58.6 Å². The third-order valence-electron chi connectivity index (χ3n) is 5.65. The number of carbonyl (C=O) groups excluding carboxylic acids is 1. The number of hydrogen-bond donors (Lipinski definition) is 2. The van der Waals surface area contributed by atoms with Gasteiger partial charge in [0.2, 0.25) is 6.79 Å². The van der Waals surface area contributed by atoms with Gasteiger partial charge >= 0.3 is 0 Å². The molecular weight excluding hydrogens is 366 g/mol.